The average molecular weight is 353 g/mol. The number of nitrogens with zero attached hydrogens (tertiary/aromatic N) is 1. The molecule has 2 aromatic carbocycles. The summed E-state index contributed by atoms with van der Waals surface area (Å²) in [4.78, 5) is 14.4. The molecule has 1 heterocycles. The minimum absolute atomic E-state index is 0.0307. The van der Waals surface area contributed by atoms with Crippen molar-refractivity contribution >= 4 is 17.3 Å². The maximum atomic E-state index is 12.1. The number of hydrogen-bond acceptors (Lipinski definition) is 4. The van der Waals surface area contributed by atoms with Gasteiger partial charge in [-0.15, -0.1) is 0 Å². The van der Waals surface area contributed by atoms with Crippen molar-refractivity contribution in [2.75, 3.05) is 29.9 Å². The lowest BCUT2D eigenvalue weighted by Gasteiger charge is -2.21. The van der Waals surface area contributed by atoms with Crippen molar-refractivity contribution in [2.24, 2.45) is 0 Å². The van der Waals surface area contributed by atoms with Crippen molar-refractivity contribution in [2.45, 2.75) is 32.7 Å². The van der Waals surface area contributed by atoms with E-state index in [9.17, 15) is 4.79 Å². The van der Waals surface area contributed by atoms with E-state index in [1.165, 1.54) is 5.69 Å². The van der Waals surface area contributed by atoms with Crippen molar-refractivity contribution in [1.29, 1.82) is 0 Å². The molecule has 3 rings (SSSR count). The fourth-order valence-corrected chi connectivity index (χ4v) is 3.19. The molecule has 0 bridgehead atoms. The molecule has 1 aliphatic rings. The van der Waals surface area contributed by atoms with Gasteiger partial charge in [0.05, 0.1) is 6.04 Å². The topological polar surface area (TPSA) is 53.6 Å². The number of carbonyl (C=O) groups is 1. The molecule has 0 aliphatic carbocycles. The first kappa shape index (κ1) is 18.3. The van der Waals surface area contributed by atoms with E-state index in [4.69, 9.17) is 4.74 Å². The fraction of sp³-hybridized carbons (Fsp3) is 0.381. The second kappa shape index (κ2) is 8.72. The maximum Gasteiger partial charge on any atom is 0.241 e. The predicted octanol–water partition coefficient (Wildman–Crippen LogP) is 4.02. The molecule has 2 N–H and O–H groups in total. The molecule has 26 heavy (non-hydrogen) atoms. The normalized spacial score (nSPS) is 16.3. The van der Waals surface area contributed by atoms with Crippen LogP contribution in [0, 0.1) is 0 Å². The van der Waals surface area contributed by atoms with Gasteiger partial charge in [-0.3, -0.25) is 4.79 Å². The first-order valence-corrected chi connectivity index (χ1v) is 9.36. The van der Waals surface area contributed by atoms with Crippen LogP contribution in [0.5, 0.6) is 11.5 Å². The third-order valence-electron chi connectivity index (χ3n) is 4.70. The van der Waals surface area contributed by atoms with Crippen LogP contribution in [0.15, 0.2) is 48.5 Å². The van der Waals surface area contributed by atoms with Gasteiger partial charge in [-0.1, -0.05) is 0 Å². The molecular formula is C21H27N3O2. The van der Waals surface area contributed by atoms with E-state index in [-0.39, 0.29) is 11.9 Å². The lowest BCUT2D eigenvalue weighted by molar-refractivity contribution is -0.117. The van der Waals surface area contributed by atoms with Crippen LogP contribution in [-0.2, 0) is 4.79 Å². The second-order valence-electron chi connectivity index (χ2n) is 6.43. The molecule has 0 unspecified atom stereocenters. The zero-order valence-corrected chi connectivity index (χ0v) is 15.5. The van der Waals surface area contributed by atoms with Gasteiger partial charge in [-0.2, -0.15) is 0 Å². The van der Waals surface area contributed by atoms with E-state index in [0.29, 0.717) is 0 Å². The van der Waals surface area contributed by atoms with Crippen LogP contribution in [0.1, 0.15) is 26.7 Å². The number of hydrogen-bond donors (Lipinski definition) is 2. The van der Waals surface area contributed by atoms with E-state index < -0.39 is 0 Å². The molecular weight excluding hydrogens is 326 g/mol. The highest BCUT2D eigenvalue weighted by molar-refractivity contribution is 5.95. The van der Waals surface area contributed by atoms with Gasteiger partial charge >= 0.3 is 0 Å². The smallest absolute Gasteiger partial charge is 0.241 e. The first-order valence-electron chi connectivity index (χ1n) is 9.36. The lowest BCUT2D eigenvalue weighted by atomic mass is 10.2. The number of ether oxygens (including phenoxy) is 1. The maximum absolute atomic E-state index is 12.1. The number of rotatable bonds is 7. The predicted molar refractivity (Wildman–Crippen MR) is 106 cm³/mol. The average Bonchev–Trinajstić information content (AvgIpc) is 3.21. The quantitative estimate of drug-likeness (QED) is 0.789. The van der Waals surface area contributed by atoms with Gasteiger partial charge in [0, 0.05) is 24.5 Å². The highest BCUT2D eigenvalue weighted by atomic mass is 16.5. The first-order chi connectivity index (χ1) is 12.7. The summed E-state index contributed by atoms with van der Waals surface area (Å²) in [5.41, 5.74) is 1.98. The minimum Gasteiger partial charge on any atom is -0.457 e. The zero-order chi connectivity index (χ0) is 18.4. The number of benzene rings is 2. The second-order valence-corrected chi connectivity index (χ2v) is 6.43. The summed E-state index contributed by atoms with van der Waals surface area (Å²) in [7, 11) is 0. The molecule has 1 saturated heterocycles. The highest BCUT2D eigenvalue weighted by Gasteiger charge is 2.21. The Balaban J connectivity index is 1.57. The van der Waals surface area contributed by atoms with Gasteiger partial charge in [0.1, 0.15) is 11.5 Å². The Hall–Kier alpha value is -2.53. The Kier molecular flexibility index (Phi) is 6.12. The van der Waals surface area contributed by atoms with Crippen molar-refractivity contribution in [3.05, 3.63) is 48.5 Å². The molecule has 2 aromatic rings. The Bertz CT molecular complexity index is 703. The number of anilines is 2. The van der Waals surface area contributed by atoms with E-state index in [1.807, 2.05) is 36.4 Å². The third-order valence-corrected chi connectivity index (χ3v) is 4.70. The van der Waals surface area contributed by atoms with Gasteiger partial charge in [-0.05, 0) is 81.8 Å². The van der Waals surface area contributed by atoms with E-state index in [0.717, 1.165) is 49.7 Å². The number of nitrogens with one attached hydrogen (secondary N) is 2. The summed E-state index contributed by atoms with van der Waals surface area (Å²) >= 11 is 0. The molecule has 5 nitrogen and oxygen atoms in total. The number of carbonyl (C=O) groups excluding carboxylic acids is 1. The zero-order valence-electron chi connectivity index (χ0n) is 15.5. The van der Waals surface area contributed by atoms with Crippen LogP contribution < -0.4 is 20.3 Å². The molecule has 0 aromatic heterocycles. The molecule has 1 fully saturated rings. The molecule has 1 atom stereocenters. The van der Waals surface area contributed by atoms with Crippen LogP contribution in [0.2, 0.25) is 0 Å². The van der Waals surface area contributed by atoms with Crippen LogP contribution >= 0.6 is 0 Å². The fourth-order valence-electron chi connectivity index (χ4n) is 3.19. The SMILES string of the molecule is CCN(CC)c1ccc(Oc2ccc(NC(=O)[C@@H]3CCCN3)cc2)cc1. The van der Waals surface area contributed by atoms with Gasteiger partial charge in [0.25, 0.3) is 0 Å². The van der Waals surface area contributed by atoms with E-state index in [1.54, 1.807) is 0 Å². The van der Waals surface area contributed by atoms with E-state index >= 15 is 0 Å². The van der Waals surface area contributed by atoms with Crippen LogP contribution in [0.3, 0.4) is 0 Å². The standard InChI is InChI=1S/C21H27N3O2/c1-3-24(4-2)17-9-13-19(14-10-17)26-18-11-7-16(8-12-18)23-21(25)20-6-5-15-22-20/h7-14,20,22H,3-6,15H2,1-2H3,(H,23,25)/t20-/m0/s1. The molecule has 1 aliphatic heterocycles. The van der Waals surface area contributed by atoms with Gasteiger partial charge in [0.2, 0.25) is 5.91 Å². The molecule has 0 radical (unpaired) electrons. The molecule has 5 heteroatoms. The summed E-state index contributed by atoms with van der Waals surface area (Å²) in [6, 6.07) is 15.5. The van der Waals surface area contributed by atoms with Crippen molar-refractivity contribution in [1.82, 2.24) is 5.32 Å². The van der Waals surface area contributed by atoms with Crippen LogP contribution in [0.4, 0.5) is 11.4 Å². The molecule has 0 saturated carbocycles. The van der Waals surface area contributed by atoms with Crippen LogP contribution in [-0.4, -0.2) is 31.6 Å². The molecule has 1 amide bonds. The Morgan fingerprint density at radius 2 is 1.69 bits per heavy atom. The molecule has 138 valence electrons. The Morgan fingerprint density at radius 1 is 1.08 bits per heavy atom. The summed E-state index contributed by atoms with van der Waals surface area (Å²) in [5, 5.41) is 6.15. The van der Waals surface area contributed by atoms with Crippen molar-refractivity contribution < 1.29 is 9.53 Å². The summed E-state index contributed by atoms with van der Waals surface area (Å²) in [6.07, 6.45) is 1.95. The minimum atomic E-state index is -0.0738. The summed E-state index contributed by atoms with van der Waals surface area (Å²) < 4.78 is 5.90. The van der Waals surface area contributed by atoms with Gasteiger partial charge < -0.3 is 20.3 Å². The summed E-state index contributed by atoms with van der Waals surface area (Å²) in [6.45, 7) is 7.19. The lowest BCUT2D eigenvalue weighted by Crippen LogP contribution is -2.35. The number of amides is 1. The summed E-state index contributed by atoms with van der Waals surface area (Å²) in [5.74, 6) is 1.58. The van der Waals surface area contributed by atoms with E-state index in [2.05, 4.69) is 41.5 Å². The Morgan fingerprint density at radius 3 is 2.23 bits per heavy atom. The third kappa shape index (κ3) is 4.55. The molecule has 0 spiro atoms. The van der Waals surface area contributed by atoms with Crippen molar-refractivity contribution in [3.63, 3.8) is 0 Å². The Labute approximate surface area is 155 Å². The van der Waals surface area contributed by atoms with Crippen molar-refractivity contribution in [3.8, 4) is 11.5 Å². The highest BCUT2D eigenvalue weighted by Crippen LogP contribution is 2.25. The van der Waals surface area contributed by atoms with Gasteiger partial charge in [-0.25, -0.2) is 0 Å². The monoisotopic (exact) mass is 353 g/mol. The van der Waals surface area contributed by atoms with Gasteiger partial charge in [0.15, 0.2) is 0 Å². The van der Waals surface area contributed by atoms with Crippen LogP contribution in [0.25, 0.3) is 0 Å². The largest absolute Gasteiger partial charge is 0.457 e.